The number of halogens is 1. The van der Waals surface area contributed by atoms with E-state index in [-0.39, 0.29) is 0 Å². The van der Waals surface area contributed by atoms with Gasteiger partial charge in [0.05, 0.1) is 7.11 Å². The Morgan fingerprint density at radius 3 is 2.62 bits per heavy atom. The summed E-state index contributed by atoms with van der Waals surface area (Å²) < 4.78 is 6.45. The van der Waals surface area contributed by atoms with Gasteiger partial charge in [0.1, 0.15) is 5.75 Å². The van der Waals surface area contributed by atoms with Crippen LogP contribution in [-0.2, 0) is 6.42 Å². The minimum atomic E-state index is 0.892. The highest BCUT2D eigenvalue weighted by atomic mass is 79.9. The number of rotatable bonds is 3. The van der Waals surface area contributed by atoms with Crippen LogP contribution in [0.15, 0.2) is 53.0 Å². The Balaban J connectivity index is 2.26. The molecule has 2 aromatic carbocycles. The van der Waals surface area contributed by atoms with E-state index in [1.54, 1.807) is 7.11 Å². The highest BCUT2D eigenvalue weighted by Gasteiger charge is 2.02. The molecule has 0 saturated carbocycles. The van der Waals surface area contributed by atoms with Crippen molar-refractivity contribution >= 4 is 15.9 Å². The van der Waals surface area contributed by atoms with E-state index in [2.05, 4.69) is 40.2 Å². The number of hydrogen-bond donors (Lipinski definition) is 0. The Labute approximate surface area is 104 Å². The van der Waals surface area contributed by atoms with Gasteiger partial charge in [-0.25, -0.2) is 0 Å². The Morgan fingerprint density at radius 1 is 1.06 bits per heavy atom. The predicted octanol–water partition coefficient (Wildman–Crippen LogP) is 4.05. The third-order valence-corrected chi connectivity index (χ3v) is 2.97. The van der Waals surface area contributed by atoms with E-state index in [4.69, 9.17) is 4.74 Å². The van der Waals surface area contributed by atoms with Crippen molar-refractivity contribution in [3.8, 4) is 5.75 Å². The molecule has 0 aliphatic rings. The first-order valence-corrected chi connectivity index (χ1v) is 5.95. The van der Waals surface area contributed by atoms with Gasteiger partial charge in [-0.05, 0) is 29.3 Å². The summed E-state index contributed by atoms with van der Waals surface area (Å²) >= 11 is 3.48. The second kappa shape index (κ2) is 5.17. The normalized spacial score (nSPS) is 10.1. The van der Waals surface area contributed by atoms with Gasteiger partial charge in [-0.1, -0.05) is 46.3 Å². The number of ether oxygens (including phenoxy) is 1. The smallest absolute Gasteiger partial charge is 0.122 e. The summed E-state index contributed by atoms with van der Waals surface area (Å²) in [6, 6.07) is 16.5. The van der Waals surface area contributed by atoms with E-state index >= 15 is 0 Å². The second-order valence-electron chi connectivity index (χ2n) is 3.62. The minimum Gasteiger partial charge on any atom is -0.496 e. The highest BCUT2D eigenvalue weighted by Crippen LogP contribution is 2.22. The first-order valence-electron chi connectivity index (χ1n) is 5.16. The molecule has 1 nitrogen and oxygen atoms in total. The van der Waals surface area contributed by atoms with Crippen LogP contribution in [0.1, 0.15) is 11.1 Å². The topological polar surface area (TPSA) is 9.23 Å². The van der Waals surface area contributed by atoms with Gasteiger partial charge in [-0.15, -0.1) is 0 Å². The molecule has 0 fully saturated rings. The average molecular weight is 277 g/mol. The van der Waals surface area contributed by atoms with E-state index in [1.807, 2.05) is 24.3 Å². The van der Waals surface area contributed by atoms with Crippen LogP contribution in [0.3, 0.4) is 0 Å². The van der Waals surface area contributed by atoms with Crippen LogP contribution in [0.5, 0.6) is 5.75 Å². The van der Waals surface area contributed by atoms with Gasteiger partial charge < -0.3 is 4.74 Å². The van der Waals surface area contributed by atoms with Crippen molar-refractivity contribution in [2.75, 3.05) is 7.11 Å². The lowest BCUT2D eigenvalue weighted by Gasteiger charge is -2.08. The van der Waals surface area contributed by atoms with Gasteiger partial charge in [0.25, 0.3) is 0 Å². The molecule has 0 spiro atoms. The lowest BCUT2D eigenvalue weighted by atomic mass is 10.0. The molecular weight excluding hydrogens is 264 g/mol. The molecule has 0 unspecified atom stereocenters. The lowest BCUT2D eigenvalue weighted by Crippen LogP contribution is -1.93. The van der Waals surface area contributed by atoms with Crippen LogP contribution in [0.4, 0.5) is 0 Å². The third-order valence-electron chi connectivity index (χ3n) is 2.48. The van der Waals surface area contributed by atoms with Crippen LogP contribution in [-0.4, -0.2) is 7.11 Å². The van der Waals surface area contributed by atoms with Crippen LogP contribution >= 0.6 is 15.9 Å². The summed E-state index contributed by atoms with van der Waals surface area (Å²) in [6.45, 7) is 0. The average Bonchev–Trinajstić information content (AvgIpc) is 2.30. The number of para-hydroxylation sites is 1. The van der Waals surface area contributed by atoms with Crippen molar-refractivity contribution in [1.82, 2.24) is 0 Å². The van der Waals surface area contributed by atoms with Crippen LogP contribution in [0.2, 0.25) is 0 Å². The summed E-state index contributed by atoms with van der Waals surface area (Å²) in [7, 11) is 1.71. The second-order valence-corrected chi connectivity index (χ2v) is 4.53. The lowest BCUT2D eigenvalue weighted by molar-refractivity contribution is 0.410. The van der Waals surface area contributed by atoms with Crippen molar-refractivity contribution in [1.29, 1.82) is 0 Å². The molecule has 2 aromatic rings. The number of hydrogen-bond acceptors (Lipinski definition) is 1. The van der Waals surface area contributed by atoms with Gasteiger partial charge in [0, 0.05) is 10.9 Å². The zero-order valence-electron chi connectivity index (χ0n) is 9.11. The van der Waals surface area contributed by atoms with Crippen molar-refractivity contribution in [3.63, 3.8) is 0 Å². The fraction of sp³-hybridized carbons (Fsp3) is 0.143. The maximum Gasteiger partial charge on any atom is 0.122 e. The van der Waals surface area contributed by atoms with Gasteiger partial charge in [0.15, 0.2) is 0 Å². The molecule has 2 rings (SSSR count). The van der Waals surface area contributed by atoms with Crippen LogP contribution in [0.25, 0.3) is 0 Å². The Morgan fingerprint density at radius 2 is 1.88 bits per heavy atom. The van der Waals surface area contributed by atoms with Crippen molar-refractivity contribution < 1.29 is 4.74 Å². The van der Waals surface area contributed by atoms with Crippen molar-refractivity contribution in [3.05, 3.63) is 64.1 Å². The number of benzene rings is 2. The molecule has 0 radical (unpaired) electrons. The fourth-order valence-corrected chi connectivity index (χ4v) is 2.16. The molecule has 0 bridgehead atoms. The summed E-state index contributed by atoms with van der Waals surface area (Å²) in [5.41, 5.74) is 2.49. The monoisotopic (exact) mass is 276 g/mol. The first-order chi connectivity index (χ1) is 7.79. The Bertz CT molecular complexity index is 480. The first kappa shape index (κ1) is 11.2. The minimum absolute atomic E-state index is 0.892. The van der Waals surface area contributed by atoms with E-state index < -0.39 is 0 Å². The molecule has 16 heavy (non-hydrogen) atoms. The summed E-state index contributed by atoms with van der Waals surface area (Å²) in [6.07, 6.45) is 0.892. The Hall–Kier alpha value is -1.28. The summed E-state index contributed by atoms with van der Waals surface area (Å²) in [4.78, 5) is 0. The van der Waals surface area contributed by atoms with Crippen molar-refractivity contribution in [2.24, 2.45) is 0 Å². The molecule has 0 amide bonds. The predicted molar refractivity (Wildman–Crippen MR) is 69.9 cm³/mol. The van der Waals surface area contributed by atoms with Crippen molar-refractivity contribution in [2.45, 2.75) is 6.42 Å². The number of methoxy groups -OCH3 is 1. The largest absolute Gasteiger partial charge is 0.496 e. The highest BCUT2D eigenvalue weighted by molar-refractivity contribution is 9.10. The van der Waals surface area contributed by atoms with Gasteiger partial charge in [-0.3, -0.25) is 0 Å². The fourth-order valence-electron chi connectivity index (χ4n) is 1.72. The van der Waals surface area contributed by atoms with Gasteiger partial charge in [0.2, 0.25) is 0 Å². The third kappa shape index (κ3) is 2.64. The maximum atomic E-state index is 5.34. The molecule has 0 aliphatic carbocycles. The molecular formula is C14H13BrO. The Kier molecular flexibility index (Phi) is 3.62. The van der Waals surface area contributed by atoms with E-state index in [0.717, 1.165) is 16.6 Å². The van der Waals surface area contributed by atoms with E-state index in [9.17, 15) is 0 Å². The van der Waals surface area contributed by atoms with Gasteiger partial charge in [-0.2, -0.15) is 0 Å². The summed E-state index contributed by atoms with van der Waals surface area (Å²) in [5, 5.41) is 0. The molecule has 0 aromatic heterocycles. The molecule has 0 aliphatic heterocycles. The zero-order valence-corrected chi connectivity index (χ0v) is 10.7. The zero-order chi connectivity index (χ0) is 11.4. The maximum absolute atomic E-state index is 5.34. The molecule has 82 valence electrons. The SMILES string of the molecule is COc1ccccc1Cc1cccc(Br)c1. The van der Waals surface area contributed by atoms with Crippen LogP contribution < -0.4 is 4.74 Å². The molecule has 0 atom stereocenters. The molecule has 0 saturated heterocycles. The molecule has 2 heteroatoms. The van der Waals surface area contributed by atoms with E-state index in [0.29, 0.717) is 0 Å². The standard InChI is InChI=1S/C14H13BrO/c1-16-14-8-3-2-6-12(14)9-11-5-4-7-13(15)10-11/h2-8,10H,9H2,1H3. The van der Waals surface area contributed by atoms with Crippen LogP contribution in [0, 0.1) is 0 Å². The van der Waals surface area contributed by atoms with E-state index in [1.165, 1.54) is 11.1 Å². The van der Waals surface area contributed by atoms with Gasteiger partial charge >= 0.3 is 0 Å². The quantitative estimate of drug-likeness (QED) is 0.822. The molecule has 0 heterocycles. The summed E-state index contributed by atoms with van der Waals surface area (Å²) in [5.74, 6) is 0.947. The molecule has 0 N–H and O–H groups in total.